The lowest BCUT2D eigenvalue weighted by Gasteiger charge is -2.15. The smallest absolute Gasteiger partial charge is 0.0525 e. The lowest BCUT2D eigenvalue weighted by Crippen LogP contribution is -2.11. The molecule has 0 aliphatic rings. The molecule has 0 N–H and O–H groups in total. The lowest BCUT2D eigenvalue weighted by molar-refractivity contribution is 1.66. The van der Waals surface area contributed by atoms with E-state index in [1.807, 2.05) is 0 Å². The van der Waals surface area contributed by atoms with Gasteiger partial charge in [-0.3, -0.25) is 0 Å². The molecule has 6 aromatic rings. The third-order valence-corrected chi connectivity index (χ3v) is 9.87. The zero-order valence-electron chi connectivity index (χ0n) is 19.8. The van der Waals surface area contributed by atoms with Gasteiger partial charge in [0.1, 0.15) is 0 Å². The van der Waals surface area contributed by atoms with Gasteiger partial charge < -0.3 is 0 Å². The fourth-order valence-corrected chi connectivity index (χ4v) is 7.19. The van der Waals surface area contributed by atoms with Crippen LogP contribution in [0.3, 0.4) is 0 Å². The predicted molar refractivity (Wildman–Crippen MR) is 158 cm³/mol. The van der Waals surface area contributed by atoms with E-state index in [0.29, 0.717) is 0 Å². The van der Waals surface area contributed by atoms with Crippen LogP contribution in [0.4, 0.5) is 0 Å². The second-order valence-electron chi connectivity index (χ2n) is 9.13. The van der Waals surface area contributed by atoms with Gasteiger partial charge in [-0.15, -0.1) is 0 Å². The van der Waals surface area contributed by atoms with Crippen LogP contribution in [0.5, 0.6) is 0 Å². The van der Waals surface area contributed by atoms with Gasteiger partial charge >= 0.3 is 0 Å². The summed E-state index contributed by atoms with van der Waals surface area (Å²) in [6.07, 6.45) is 0. The van der Waals surface area contributed by atoms with E-state index < -0.39 is 0 Å². The molecule has 6 rings (SSSR count). The van der Waals surface area contributed by atoms with Crippen LogP contribution >= 0.6 is 0 Å². The molecule has 6 aromatic carbocycles. The van der Waals surface area contributed by atoms with E-state index in [-0.39, 0.29) is 19.0 Å². The van der Waals surface area contributed by atoms with E-state index in [9.17, 15) is 0 Å². The molecule has 0 nitrogen and oxygen atoms in total. The molecule has 0 saturated heterocycles. The van der Waals surface area contributed by atoms with Crippen molar-refractivity contribution in [3.8, 4) is 22.3 Å². The minimum absolute atomic E-state index is 0.133. The standard InChI is InChI=1S/C32H28Si2/c1-33-24-14-13-21-19-23(12-11-22(21)20-24)25-15-16-29(27-8-4-3-7-26(25)27)30-17-18-32(34-2)31-10-6-5-9-28(30)31/h3-20H,33-34H2,1-2H3. The van der Waals surface area contributed by atoms with Crippen molar-refractivity contribution in [2.24, 2.45) is 0 Å². The highest BCUT2D eigenvalue weighted by Gasteiger charge is 2.13. The second kappa shape index (κ2) is 8.71. The number of hydrogen-bond donors (Lipinski definition) is 0. The van der Waals surface area contributed by atoms with Crippen molar-refractivity contribution in [1.29, 1.82) is 0 Å². The summed E-state index contributed by atoms with van der Waals surface area (Å²) in [5.41, 5.74) is 5.24. The molecule has 0 aromatic heterocycles. The highest BCUT2D eigenvalue weighted by atomic mass is 28.2. The predicted octanol–water partition coefficient (Wildman–Crippen LogP) is 6.16. The van der Waals surface area contributed by atoms with Crippen molar-refractivity contribution in [2.45, 2.75) is 13.1 Å². The zero-order valence-corrected chi connectivity index (χ0v) is 22.6. The summed E-state index contributed by atoms with van der Waals surface area (Å²) in [6.45, 7) is 4.73. The maximum atomic E-state index is 2.38. The van der Waals surface area contributed by atoms with Crippen LogP contribution in [0.2, 0.25) is 13.1 Å². The number of fused-ring (bicyclic) bond motifs is 3. The largest absolute Gasteiger partial charge is 0.0708 e. The Bertz CT molecular complexity index is 1680. The molecule has 0 aliphatic carbocycles. The fourth-order valence-electron chi connectivity index (χ4n) is 5.37. The van der Waals surface area contributed by atoms with Crippen LogP contribution in [0.1, 0.15) is 0 Å². The van der Waals surface area contributed by atoms with Gasteiger partial charge in [-0.2, -0.15) is 0 Å². The minimum atomic E-state index is -0.229. The third kappa shape index (κ3) is 3.51. The van der Waals surface area contributed by atoms with Crippen molar-refractivity contribution in [3.63, 3.8) is 0 Å². The van der Waals surface area contributed by atoms with Crippen LogP contribution in [-0.2, 0) is 0 Å². The minimum Gasteiger partial charge on any atom is -0.0708 e. The quantitative estimate of drug-likeness (QED) is 0.272. The summed E-state index contributed by atoms with van der Waals surface area (Å²) < 4.78 is 0. The summed E-state index contributed by atoms with van der Waals surface area (Å²) in [4.78, 5) is 0. The first-order chi connectivity index (χ1) is 16.8. The number of rotatable bonds is 4. The van der Waals surface area contributed by atoms with Gasteiger partial charge in [0.15, 0.2) is 0 Å². The van der Waals surface area contributed by atoms with E-state index in [1.54, 1.807) is 5.19 Å². The first-order valence-corrected chi connectivity index (χ1v) is 16.6. The van der Waals surface area contributed by atoms with Gasteiger partial charge in [0, 0.05) is 0 Å². The molecule has 0 heterocycles. The van der Waals surface area contributed by atoms with Crippen molar-refractivity contribution < 1.29 is 0 Å². The average Bonchev–Trinajstić information content (AvgIpc) is 2.91. The first kappa shape index (κ1) is 21.1. The van der Waals surface area contributed by atoms with E-state index >= 15 is 0 Å². The molecule has 0 saturated carbocycles. The molecule has 164 valence electrons. The average molecular weight is 469 g/mol. The third-order valence-electron chi connectivity index (χ3n) is 7.23. The van der Waals surface area contributed by atoms with Crippen LogP contribution in [-0.4, -0.2) is 19.0 Å². The molecule has 0 radical (unpaired) electrons. The number of hydrogen-bond acceptors (Lipinski definition) is 0. The summed E-state index contributed by atoms with van der Waals surface area (Å²) in [7, 11) is -0.361. The second-order valence-corrected chi connectivity index (χ2v) is 12.1. The Kier molecular flexibility index (Phi) is 5.41. The summed E-state index contributed by atoms with van der Waals surface area (Å²) >= 11 is 0. The molecular weight excluding hydrogens is 441 g/mol. The Morgan fingerprint density at radius 1 is 0.441 bits per heavy atom. The fraction of sp³-hybridized carbons (Fsp3) is 0.0625. The van der Waals surface area contributed by atoms with Gasteiger partial charge in [-0.1, -0.05) is 127 Å². The molecular formula is C32H28Si2. The molecule has 0 aliphatic heterocycles. The van der Waals surface area contributed by atoms with Gasteiger partial charge in [0.25, 0.3) is 0 Å². The van der Waals surface area contributed by atoms with Crippen molar-refractivity contribution in [2.75, 3.05) is 0 Å². The van der Waals surface area contributed by atoms with Gasteiger partial charge in [0.05, 0.1) is 19.0 Å². The molecule has 0 fully saturated rings. The van der Waals surface area contributed by atoms with Gasteiger partial charge in [0.2, 0.25) is 0 Å². The summed E-state index contributed by atoms with van der Waals surface area (Å²) in [5, 5.41) is 11.2. The highest BCUT2D eigenvalue weighted by molar-refractivity contribution is 6.56. The molecule has 0 unspecified atom stereocenters. The van der Waals surface area contributed by atoms with Crippen molar-refractivity contribution in [3.05, 3.63) is 109 Å². The van der Waals surface area contributed by atoms with E-state index in [4.69, 9.17) is 0 Å². The first-order valence-electron chi connectivity index (χ1n) is 12.3. The van der Waals surface area contributed by atoms with E-state index in [0.717, 1.165) is 0 Å². The van der Waals surface area contributed by atoms with Crippen molar-refractivity contribution in [1.82, 2.24) is 0 Å². The van der Waals surface area contributed by atoms with Crippen molar-refractivity contribution >= 4 is 61.7 Å². The van der Waals surface area contributed by atoms with Crippen LogP contribution in [0.15, 0.2) is 109 Å². The summed E-state index contributed by atoms with van der Waals surface area (Å²) in [6, 6.07) is 41.1. The molecule has 34 heavy (non-hydrogen) atoms. The van der Waals surface area contributed by atoms with Crippen LogP contribution < -0.4 is 10.4 Å². The Hall–Kier alpha value is -3.47. The SMILES string of the molecule is C[SiH2]c1ccc2cc(-c3ccc(-c4ccc([SiH2]C)c5ccccc45)c4ccccc34)ccc2c1. The molecule has 2 heteroatoms. The van der Waals surface area contributed by atoms with E-state index in [2.05, 4.69) is 122 Å². The van der Waals surface area contributed by atoms with Gasteiger partial charge in [-0.25, -0.2) is 0 Å². The molecule has 0 bridgehead atoms. The number of benzene rings is 6. The Labute approximate surface area is 205 Å². The molecule has 0 atom stereocenters. The maximum absolute atomic E-state index is 2.38. The Balaban J connectivity index is 1.57. The zero-order chi connectivity index (χ0) is 23.1. The Morgan fingerprint density at radius 2 is 1.00 bits per heavy atom. The topological polar surface area (TPSA) is 0 Å². The summed E-state index contributed by atoms with van der Waals surface area (Å²) in [5.74, 6) is 0. The Morgan fingerprint density at radius 3 is 1.71 bits per heavy atom. The van der Waals surface area contributed by atoms with E-state index in [1.165, 1.54) is 59.8 Å². The molecule has 0 amide bonds. The normalized spacial score (nSPS) is 12.2. The van der Waals surface area contributed by atoms with Crippen LogP contribution in [0, 0.1) is 0 Å². The maximum Gasteiger partial charge on any atom is 0.0525 e. The molecule has 0 spiro atoms. The lowest BCUT2D eigenvalue weighted by atomic mass is 9.89. The van der Waals surface area contributed by atoms with Gasteiger partial charge in [-0.05, 0) is 60.6 Å². The highest BCUT2D eigenvalue weighted by Crippen LogP contribution is 2.38. The monoisotopic (exact) mass is 468 g/mol. The van der Waals surface area contributed by atoms with Crippen LogP contribution in [0.25, 0.3) is 54.6 Å².